The second kappa shape index (κ2) is 7.58. The number of rotatable bonds is 7. The van der Waals surface area contributed by atoms with E-state index in [0.29, 0.717) is 23.9 Å². The smallest absolute Gasteiger partial charge is 0.251 e. The van der Waals surface area contributed by atoms with Gasteiger partial charge in [0, 0.05) is 12.1 Å². The maximum atomic E-state index is 12.9. The largest absolute Gasteiger partial charge is 0.351 e. The molecule has 1 aromatic rings. The lowest BCUT2D eigenvalue weighted by molar-refractivity contribution is 0.0916. The van der Waals surface area contributed by atoms with Crippen LogP contribution in [0.4, 0.5) is 4.39 Å². The molecular formula is C18H28FNO. The highest BCUT2D eigenvalue weighted by Crippen LogP contribution is 2.32. The van der Waals surface area contributed by atoms with E-state index < -0.39 is 0 Å². The first kappa shape index (κ1) is 17.7. The molecule has 0 aromatic heterocycles. The third-order valence-electron chi connectivity index (χ3n) is 3.58. The highest BCUT2D eigenvalue weighted by atomic mass is 19.1. The minimum atomic E-state index is -0.323. The van der Waals surface area contributed by atoms with Crippen LogP contribution in [0.25, 0.3) is 0 Å². The van der Waals surface area contributed by atoms with Gasteiger partial charge in [-0.1, -0.05) is 34.6 Å². The Bertz CT molecular complexity index is 441. The van der Waals surface area contributed by atoms with E-state index in [-0.39, 0.29) is 17.1 Å². The van der Waals surface area contributed by atoms with E-state index in [9.17, 15) is 9.18 Å². The van der Waals surface area contributed by atoms with Crippen LogP contribution in [0, 0.1) is 23.1 Å². The van der Waals surface area contributed by atoms with Gasteiger partial charge in [0.15, 0.2) is 0 Å². The van der Waals surface area contributed by atoms with Crippen LogP contribution in [0.3, 0.4) is 0 Å². The molecule has 0 bridgehead atoms. The SMILES string of the molecule is CC(C)CC(C)(CNC(=O)c1ccc(F)cc1)CC(C)C. The molecule has 2 nitrogen and oxygen atoms in total. The zero-order chi connectivity index (χ0) is 16.0. The van der Waals surface area contributed by atoms with Gasteiger partial charge in [-0.2, -0.15) is 0 Å². The van der Waals surface area contributed by atoms with Crippen LogP contribution < -0.4 is 5.32 Å². The first-order valence-corrected chi connectivity index (χ1v) is 7.75. The molecule has 0 atom stereocenters. The lowest BCUT2D eigenvalue weighted by Crippen LogP contribution is -2.37. The molecule has 0 aliphatic rings. The molecule has 0 spiro atoms. The van der Waals surface area contributed by atoms with Crippen LogP contribution in [0.15, 0.2) is 24.3 Å². The van der Waals surface area contributed by atoms with E-state index in [4.69, 9.17) is 0 Å². The van der Waals surface area contributed by atoms with Gasteiger partial charge in [0.1, 0.15) is 5.82 Å². The average Bonchev–Trinajstić information content (AvgIpc) is 2.35. The summed E-state index contributed by atoms with van der Waals surface area (Å²) in [6.45, 7) is 11.7. The Labute approximate surface area is 128 Å². The number of carbonyl (C=O) groups is 1. The molecular weight excluding hydrogens is 265 g/mol. The maximum Gasteiger partial charge on any atom is 0.251 e. The number of nitrogens with one attached hydrogen (secondary N) is 1. The molecule has 0 saturated heterocycles. The summed E-state index contributed by atoms with van der Waals surface area (Å²) in [5.74, 6) is 0.734. The molecule has 1 aromatic carbocycles. The summed E-state index contributed by atoms with van der Waals surface area (Å²) >= 11 is 0. The summed E-state index contributed by atoms with van der Waals surface area (Å²) in [6, 6.07) is 5.67. The van der Waals surface area contributed by atoms with Gasteiger partial charge in [0.25, 0.3) is 5.91 Å². The molecule has 1 N–H and O–H groups in total. The predicted octanol–water partition coefficient (Wildman–Crippen LogP) is 4.65. The summed E-state index contributed by atoms with van der Waals surface area (Å²) in [4.78, 5) is 12.1. The van der Waals surface area contributed by atoms with Crippen molar-refractivity contribution in [1.29, 1.82) is 0 Å². The van der Waals surface area contributed by atoms with Crippen molar-refractivity contribution in [3.05, 3.63) is 35.6 Å². The van der Waals surface area contributed by atoms with Crippen molar-refractivity contribution in [1.82, 2.24) is 5.32 Å². The van der Waals surface area contributed by atoms with Crippen molar-refractivity contribution in [3.63, 3.8) is 0 Å². The number of hydrogen-bond acceptors (Lipinski definition) is 1. The number of benzene rings is 1. The second-order valence-corrected chi connectivity index (χ2v) is 7.20. The van der Waals surface area contributed by atoms with E-state index in [1.54, 1.807) is 0 Å². The molecule has 0 fully saturated rings. The van der Waals surface area contributed by atoms with Gasteiger partial charge in [-0.15, -0.1) is 0 Å². The van der Waals surface area contributed by atoms with Crippen LogP contribution in [0.1, 0.15) is 57.8 Å². The zero-order valence-electron chi connectivity index (χ0n) is 13.9. The Morgan fingerprint density at radius 1 is 1.10 bits per heavy atom. The van der Waals surface area contributed by atoms with Crippen molar-refractivity contribution in [2.45, 2.75) is 47.5 Å². The van der Waals surface area contributed by atoms with Crippen molar-refractivity contribution >= 4 is 5.91 Å². The van der Waals surface area contributed by atoms with Crippen molar-refractivity contribution < 1.29 is 9.18 Å². The van der Waals surface area contributed by atoms with Gasteiger partial charge in [0.2, 0.25) is 0 Å². The van der Waals surface area contributed by atoms with Crippen molar-refractivity contribution in [2.75, 3.05) is 6.54 Å². The quantitative estimate of drug-likeness (QED) is 0.778. The third kappa shape index (κ3) is 6.28. The minimum Gasteiger partial charge on any atom is -0.351 e. The fraction of sp³-hybridized carbons (Fsp3) is 0.611. The van der Waals surface area contributed by atoms with Crippen LogP contribution in [-0.2, 0) is 0 Å². The van der Waals surface area contributed by atoms with Crippen molar-refractivity contribution in [2.24, 2.45) is 17.3 Å². The summed E-state index contributed by atoms with van der Waals surface area (Å²) in [6.07, 6.45) is 2.16. The van der Waals surface area contributed by atoms with E-state index in [1.165, 1.54) is 24.3 Å². The fourth-order valence-electron chi connectivity index (χ4n) is 3.20. The van der Waals surface area contributed by atoms with Gasteiger partial charge in [-0.25, -0.2) is 4.39 Å². The summed E-state index contributed by atoms with van der Waals surface area (Å²) in [7, 11) is 0. The van der Waals surface area contributed by atoms with Gasteiger partial charge >= 0.3 is 0 Å². The van der Waals surface area contributed by atoms with E-state index >= 15 is 0 Å². The highest BCUT2D eigenvalue weighted by Gasteiger charge is 2.27. The van der Waals surface area contributed by atoms with Crippen LogP contribution in [-0.4, -0.2) is 12.5 Å². The predicted molar refractivity (Wildman–Crippen MR) is 85.8 cm³/mol. The van der Waals surface area contributed by atoms with Crippen LogP contribution in [0.5, 0.6) is 0 Å². The Kier molecular flexibility index (Phi) is 6.38. The van der Waals surface area contributed by atoms with E-state index in [1.807, 2.05) is 0 Å². The molecule has 118 valence electrons. The van der Waals surface area contributed by atoms with E-state index in [2.05, 4.69) is 39.9 Å². The van der Waals surface area contributed by atoms with E-state index in [0.717, 1.165) is 12.8 Å². The molecule has 1 rings (SSSR count). The molecule has 0 saturated carbocycles. The molecule has 0 aliphatic carbocycles. The first-order valence-electron chi connectivity index (χ1n) is 7.75. The van der Waals surface area contributed by atoms with Crippen LogP contribution in [0.2, 0.25) is 0 Å². The maximum absolute atomic E-state index is 12.9. The molecule has 21 heavy (non-hydrogen) atoms. The van der Waals surface area contributed by atoms with Crippen molar-refractivity contribution in [3.8, 4) is 0 Å². The number of amides is 1. The molecule has 0 radical (unpaired) electrons. The Morgan fingerprint density at radius 3 is 2.00 bits per heavy atom. The molecule has 1 amide bonds. The topological polar surface area (TPSA) is 29.1 Å². The Hall–Kier alpha value is -1.38. The molecule has 0 unspecified atom stereocenters. The second-order valence-electron chi connectivity index (χ2n) is 7.20. The van der Waals surface area contributed by atoms with Gasteiger partial charge in [-0.3, -0.25) is 4.79 Å². The summed E-state index contributed by atoms with van der Waals surface area (Å²) < 4.78 is 12.9. The third-order valence-corrected chi connectivity index (χ3v) is 3.58. The first-order chi connectivity index (χ1) is 9.72. The zero-order valence-corrected chi connectivity index (χ0v) is 13.9. The number of hydrogen-bond donors (Lipinski definition) is 1. The standard InChI is InChI=1S/C18H28FNO/c1-13(2)10-18(5,11-14(3)4)12-20-17(21)15-6-8-16(19)9-7-15/h6-9,13-14H,10-12H2,1-5H3,(H,20,21). The average molecular weight is 293 g/mol. The monoisotopic (exact) mass is 293 g/mol. The molecule has 0 aliphatic heterocycles. The summed E-state index contributed by atoms with van der Waals surface area (Å²) in [5, 5.41) is 3.01. The lowest BCUT2D eigenvalue weighted by atomic mass is 9.76. The van der Waals surface area contributed by atoms with Gasteiger partial charge < -0.3 is 5.32 Å². The van der Waals surface area contributed by atoms with Gasteiger partial charge in [0.05, 0.1) is 0 Å². The fourth-order valence-corrected chi connectivity index (χ4v) is 3.20. The Balaban J connectivity index is 2.67. The molecule has 3 heteroatoms. The Morgan fingerprint density at radius 2 is 1.57 bits per heavy atom. The molecule has 0 heterocycles. The minimum absolute atomic E-state index is 0.0953. The highest BCUT2D eigenvalue weighted by molar-refractivity contribution is 5.94. The lowest BCUT2D eigenvalue weighted by Gasteiger charge is -2.33. The van der Waals surface area contributed by atoms with Gasteiger partial charge in [-0.05, 0) is 54.4 Å². The van der Waals surface area contributed by atoms with Crippen LogP contribution >= 0.6 is 0 Å². The normalized spacial score (nSPS) is 12.0. The summed E-state index contributed by atoms with van der Waals surface area (Å²) in [5.41, 5.74) is 0.603. The number of carbonyl (C=O) groups excluding carboxylic acids is 1. The number of halogens is 1.